The van der Waals surface area contributed by atoms with Gasteiger partial charge in [0.15, 0.2) is 0 Å². The molecule has 2 fully saturated rings. The normalized spacial score (nSPS) is 18.4. The van der Waals surface area contributed by atoms with Crippen molar-refractivity contribution in [3.05, 3.63) is 66.2 Å². The highest BCUT2D eigenvalue weighted by molar-refractivity contribution is 5.92. The number of likely N-dealkylation sites (tertiary alicyclic amines) is 1. The number of amides is 3. The van der Waals surface area contributed by atoms with Crippen LogP contribution in [0.1, 0.15) is 31.2 Å². The molecule has 0 unspecified atom stereocenters. The van der Waals surface area contributed by atoms with Gasteiger partial charge in [-0.25, -0.2) is 4.79 Å². The fourth-order valence-electron chi connectivity index (χ4n) is 3.98. The van der Waals surface area contributed by atoms with E-state index >= 15 is 0 Å². The highest BCUT2D eigenvalue weighted by Gasteiger charge is 2.44. The second-order valence-electron chi connectivity index (χ2n) is 7.92. The summed E-state index contributed by atoms with van der Waals surface area (Å²) in [4.78, 5) is 26.9. The van der Waals surface area contributed by atoms with E-state index in [1.54, 1.807) is 0 Å². The Balaban J connectivity index is 1.24. The van der Waals surface area contributed by atoms with Crippen molar-refractivity contribution in [1.82, 2.24) is 10.2 Å². The van der Waals surface area contributed by atoms with Crippen LogP contribution in [0.5, 0.6) is 0 Å². The van der Waals surface area contributed by atoms with E-state index in [4.69, 9.17) is 0 Å². The highest BCUT2D eigenvalue weighted by atomic mass is 16.2. The van der Waals surface area contributed by atoms with Crippen molar-refractivity contribution >= 4 is 17.6 Å². The predicted octanol–water partition coefficient (Wildman–Crippen LogP) is 3.78. The van der Waals surface area contributed by atoms with Gasteiger partial charge in [-0.2, -0.15) is 0 Å². The Morgan fingerprint density at radius 2 is 1.54 bits per heavy atom. The van der Waals surface area contributed by atoms with Gasteiger partial charge >= 0.3 is 6.03 Å². The Bertz CT molecular complexity index is 810. The molecule has 146 valence electrons. The first kappa shape index (κ1) is 18.5. The maximum Gasteiger partial charge on any atom is 0.317 e. The molecule has 5 nitrogen and oxygen atoms in total. The largest absolute Gasteiger partial charge is 0.337 e. The van der Waals surface area contributed by atoms with E-state index in [-0.39, 0.29) is 23.3 Å². The van der Waals surface area contributed by atoms with Gasteiger partial charge in [0.1, 0.15) is 0 Å². The first-order chi connectivity index (χ1) is 13.7. The Kier molecular flexibility index (Phi) is 5.33. The lowest BCUT2D eigenvalue weighted by Gasteiger charge is -2.32. The molecule has 1 heterocycles. The number of piperidine rings is 1. The van der Waals surface area contributed by atoms with Gasteiger partial charge in [-0.1, -0.05) is 48.5 Å². The highest BCUT2D eigenvalue weighted by Crippen LogP contribution is 2.47. The summed E-state index contributed by atoms with van der Waals surface area (Å²) in [7, 11) is 0. The van der Waals surface area contributed by atoms with E-state index in [9.17, 15) is 9.59 Å². The molecule has 2 aromatic rings. The van der Waals surface area contributed by atoms with Crippen LogP contribution in [0, 0.1) is 5.92 Å². The zero-order valence-corrected chi connectivity index (χ0v) is 16.1. The molecule has 28 heavy (non-hydrogen) atoms. The second kappa shape index (κ2) is 8.05. The molecule has 1 aliphatic heterocycles. The molecule has 1 aliphatic carbocycles. The van der Waals surface area contributed by atoms with E-state index in [0.29, 0.717) is 32.5 Å². The second-order valence-corrected chi connectivity index (χ2v) is 7.92. The summed E-state index contributed by atoms with van der Waals surface area (Å²) >= 11 is 0. The summed E-state index contributed by atoms with van der Waals surface area (Å²) in [6.45, 7) is 1.93. The average Bonchev–Trinajstić information content (AvgIpc) is 3.55. The number of nitrogens with one attached hydrogen (secondary N) is 2. The summed E-state index contributed by atoms with van der Waals surface area (Å²) in [5.41, 5.74) is 2.25. The number of rotatable bonds is 5. The lowest BCUT2D eigenvalue weighted by molar-refractivity contribution is -0.121. The van der Waals surface area contributed by atoms with Crippen LogP contribution in [0.4, 0.5) is 10.5 Å². The van der Waals surface area contributed by atoms with E-state index in [0.717, 1.165) is 18.5 Å². The number of urea groups is 1. The lowest BCUT2D eigenvalue weighted by Crippen LogP contribution is -2.47. The van der Waals surface area contributed by atoms with Crippen LogP contribution in [-0.2, 0) is 10.2 Å². The Labute approximate surface area is 166 Å². The SMILES string of the molecule is O=C(Nc1ccccc1)C1CCN(C(=O)NCC2(c3ccccc3)CC2)CC1. The Hall–Kier alpha value is -2.82. The van der Waals surface area contributed by atoms with Gasteiger partial charge in [0.05, 0.1) is 0 Å². The molecule has 3 amide bonds. The molecule has 1 saturated carbocycles. The van der Waals surface area contributed by atoms with Gasteiger partial charge in [0.2, 0.25) is 5.91 Å². The van der Waals surface area contributed by atoms with Crippen LogP contribution >= 0.6 is 0 Å². The fraction of sp³-hybridized carbons (Fsp3) is 0.391. The molecule has 2 aromatic carbocycles. The number of carbonyl (C=O) groups excluding carboxylic acids is 2. The van der Waals surface area contributed by atoms with Crippen molar-refractivity contribution in [1.29, 1.82) is 0 Å². The maximum absolute atomic E-state index is 12.6. The Morgan fingerprint density at radius 1 is 0.929 bits per heavy atom. The number of carbonyl (C=O) groups is 2. The Morgan fingerprint density at radius 3 is 2.14 bits per heavy atom. The summed E-state index contributed by atoms with van der Waals surface area (Å²) < 4.78 is 0. The third-order valence-electron chi connectivity index (χ3n) is 6.01. The molecule has 0 spiro atoms. The first-order valence-electron chi connectivity index (χ1n) is 10.1. The lowest BCUT2D eigenvalue weighted by atomic mass is 9.95. The number of para-hydroxylation sites is 1. The number of anilines is 1. The number of nitrogens with zero attached hydrogens (tertiary/aromatic N) is 1. The van der Waals surface area contributed by atoms with Gasteiger partial charge in [0.25, 0.3) is 0 Å². The van der Waals surface area contributed by atoms with E-state index < -0.39 is 0 Å². The molecule has 0 aromatic heterocycles. The third-order valence-corrected chi connectivity index (χ3v) is 6.01. The van der Waals surface area contributed by atoms with Gasteiger partial charge in [0, 0.05) is 36.7 Å². The van der Waals surface area contributed by atoms with Crippen LogP contribution in [0.25, 0.3) is 0 Å². The van der Waals surface area contributed by atoms with Crippen molar-refractivity contribution < 1.29 is 9.59 Å². The number of benzene rings is 2. The van der Waals surface area contributed by atoms with Gasteiger partial charge in [-0.05, 0) is 43.4 Å². The van der Waals surface area contributed by atoms with E-state index in [2.05, 4.69) is 34.9 Å². The summed E-state index contributed by atoms with van der Waals surface area (Å²) in [5, 5.41) is 6.09. The summed E-state index contributed by atoms with van der Waals surface area (Å²) in [6, 6.07) is 19.9. The number of hydrogen-bond acceptors (Lipinski definition) is 2. The molecule has 0 atom stereocenters. The monoisotopic (exact) mass is 377 g/mol. The molecule has 1 saturated heterocycles. The van der Waals surface area contributed by atoms with Crippen molar-refractivity contribution in [3.8, 4) is 0 Å². The molecule has 4 rings (SSSR count). The smallest absolute Gasteiger partial charge is 0.317 e. The minimum Gasteiger partial charge on any atom is -0.337 e. The first-order valence-corrected chi connectivity index (χ1v) is 10.1. The average molecular weight is 377 g/mol. The third kappa shape index (κ3) is 4.19. The fourth-order valence-corrected chi connectivity index (χ4v) is 3.98. The molecule has 2 N–H and O–H groups in total. The van der Waals surface area contributed by atoms with Crippen LogP contribution in [0.15, 0.2) is 60.7 Å². The van der Waals surface area contributed by atoms with Crippen molar-refractivity contribution in [2.75, 3.05) is 25.0 Å². The van der Waals surface area contributed by atoms with Crippen molar-refractivity contribution in [2.24, 2.45) is 5.92 Å². The van der Waals surface area contributed by atoms with Gasteiger partial charge in [-0.15, -0.1) is 0 Å². The van der Waals surface area contributed by atoms with Gasteiger partial charge in [-0.3, -0.25) is 4.79 Å². The van der Waals surface area contributed by atoms with Crippen LogP contribution < -0.4 is 10.6 Å². The van der Waals surface area contributed by atoms with Crippen molar-refractivity contribution in [3.63, 3.8) is 0 Å². The van der Waals surface area contributed by atoms with E-state index in [1.807, 2.05) is 41.3 Å². The zero-order valence-electron chi connectivity index (χ0n) is 16.1. The molecular weight excluding hydrogens is 350 g/mol. The molecule has 2 aliphatic rings. The molecule has 0 bridgehead atoms. The van der Waals surface area contributed by atoms with Crippen molar-refractivity contribution in [2.45, 2.75) is 31.1 Å². The number of hydrogen-bond donors (Lipinski definition) is 2. The molecular formula is C23H27N3O2. The minimum absolute atomic E-state index is 0.0101. The molecule has 5 heteroatoms. The zero-order chi connectivity index (χ0) is 19.4. The molecule has 0 radical (unpaired) electrons. The minimum atomic E-state index is -0.0386. The summed E-state index contributed by atoms with van der Waals surface area (Å²) in [5.74, 6) is 0.00983. The topological polar surface area (TPSA) is 61.4 Å². The standard InChI is InChI=1S/C23H27N3O2/c27-21(25-20-9-5-2-6-10-20)18-11-15-26(16-12-18)22(28)24-17-23(13-14-23)19-7-3-1-4-8-19/h1-10,18H,11-17H2,(H,24,28)(H,25,27). The van der Waals surface area contributed by atoms with E-state index in [1.165, 1.54) is 5.56 Å². The van der Waals surface area contributed by atoms with Crippen LogP contribution in [-0.4, -0.2) is 36.5 Å². The maximum atomic E-state index is 12.6. The predicted molar refractivity (Wildman–Crippen MR) is 110 cm³/mol. The quantitative estimate of drug-likeness (QED) is 0.833. The summed E-state index contributed by atoms with van der Waals surface area (Å²) in [6.07, 6.45) is 3.66. The van der Waals surface area contributed by atoms with Crippen LogP contribution in [0.3, 0.4) is 0 Å². The van der Waals surface area contributed by atoms with Crippen LogP contribution in [0.2, 0.25) is 0 Å². The van der Waals surface area contributed by atoms with Gasteiger partial charge < -0.3 is 15.5 Å².